The van der Waals surface area contributed by atoms with Gasteiger partial charge in [-0.05, 0) is 40.9 Å². The molecule has 4 nitrogen and oxygen atoms in total. The number of hydrogen-bond acceptors (Lipinski definition) is 4. The SMILES string of the molecule is O=C(Cc1cccc2ncccc12)c1cc2c(cc1F)COB2O. The zero-order chi connectivity index (χ0) is 16.7. The highest BCUT2D eigenvalue weighted by molar-refractivity contribution is 6.61. The van der Waals surface area contributed by atoms with Gasteiger partial charge in [0.05, 0.1) is 17.7 Å². The van der Waals surface area contributed by atoms with Crippen molar-refractivity contribution in [2.24, 2.45) is 0 Å². The zero-order valence-corrected chi connectivity index (χ0v) is 12.7. The monoisotopic (exact) mass is 321 g/mol. The average Bonchev–Trinajstić information content (AvgIpc) is 2.94. The summed E-state index contributed by atoms with van der Waals surface area (Å²) in [4.78, 5) is 16.9. The normalized spacial score (nSPS) is 13.3. The van der Waals surface area contributed by atoms with E-state index in [9.17, 15) is 14.2 Å². The number of halogens is 1. The molecule has 2 aromatic carbocycles. The molecule has 3 aromatic rings. The van der Waals surface area contributed by atoms with Gasteiger partial charge in [0, 0.05) is 18.0 Å². The van der Waals surface area contributed by atoms with E-state index in [1.54, 1.807) is 12.3 Å². The fraction of sp³-hybridized carbons (Fsp3) is 0.111. The molecule has 1 aromatic heterocycles. The predicted octanol–water partition coefficient (Wildman–Crippen LogP) is 2.02. The minimum Gasteiger partial charge on any atom is -0.423 e. The number of Topliss-reactive ketones (excluding diaryl/α,β-unsaturated/α-hetero) is 1. The van der Waals surface area contributed by atoms with Gasteiger partial charge >= 0.3 is 7.12 Å². The number of nitrogens with zero attached hydrogens (tertiary/aromatic N) is 1. The van der Waals surface area contributed by atoms with E-state index in [4.69, 9.17) is 4.65 Å². The zero-order valence-electron chi connectivity index (χ0n) is 12.7. The summed E-state index contributed by atoms with van der Waals surface area (Å²) in [7, 11) is -1.10. The van der Waals surface area contributed by atoms with E-state index in [1.807, 2.05) is 24.3 Å². The highest BCUT2D eigenvalue weighted by Gasteiger charge is 2.30. The molecule has 24 heavy (non-hydrogen) atoms. The van der Waals surface area contributed by atoms with Crippen molar-refractivity contribution in [1.29, 1.82) is 0 Å². The second-order valence-electron chi connectivity index (χ2n) is 5.78. The smallest absolute Gasteiger partial charge is 0.423 e. The van der Waals surface area contributed by atoms with Gasteiger partial charge in [-0.2, -0.15) is 0 Å². The lowest BCUT2D eigenvalue weighted by Gasteiger charge is -2.08. The average molecular weight is 321 g/mol. The molecule has 4 rings (SSSR count). The van der Waals surface area contributed by atoms with Crippen molar-refractivity contribution in [3.8, 4) is 0 Å². The molecule has 2 heterocycles. The number of carbonyl (C=O) groups is 1. The second-order valence-corrected chi connectivity index (χ2v) is 5.78. The molecule has 0 saturated heterocycles. The molecule has 1 aliphatic heterocycles. The Morgan fingerprint density at radius 2 is 2.17 bits per heavy atom. The Balaban J connectivity index is 1.71. The summed E-state index contributed by atoms with van der Waals surface area (Å²) >= 11 is 0. The molecule has 0 fully saturated rings. The van der Waals surface area contributed by atoms with E-state index >= 15 is 0 Å². The van der Waals surface area contributed by atoms with E-state index in [0.717, 1.165) is 16.5 Å². The first kappa shape index (κ1) is 15.0. The molecular weight excluding hydrogens is 308 g/mol. The summed E-state index contributed by atoms with van der Waals surface area (Å²) in [6.45, 7) is 0.150. The van der Waals surface area contributed by atoms with Gasteiger partial charge in [-0.3, -0.25) is 9.78 Å². The summed E-state index contributed by atoms with van der Waals surface area (Å²) in [5, 5.41) is 10.6. The van der Waals surface area contributed by atoms with Gasteiger partial charge in [0.15, 0.2) is 5.78 Å². The Kier molecular flexibility index (Phi) is 3.63. The van der Waals surface area contributed by atoms with Crippen molar-refractivity contribution < 1.29 is 18.9 Å². The van der Waals surface area contributed by atoms with Crippen LogP contribution in [0, 0.1) is 5.82 Å². The standard InChI is InChI=1S/C18H13BFNO3/c20-16-7-12-10-24-19(23)15(12)9-14(16)18(22)8-11-3-1-5-17-13(11)4-2-6-21-17/h1-7,9,23H,8,10H2. The van der Waals surface area contributed by atoms with Crippen LogP contribution in [0.4, 0.5) is 4.39 Å². The minimum atomic E-state index is -1.10. The van der Waals surface area contributed by atoms with Crippen LogP contribution in [0.1, 0.15) is 21.5 Å². The topological polar surface area (TPSA) is 59.4 Å². The van der Waals surface area contributed by atoms with Gasteiger partial charge in [0.25, 0.3) is 0 Å². The maximum atomic E-state index is 14.3. The molecule has 0 spiro atoms. The van der Waals surface area contributed by atoms with Crippen LogP contribution in [0.5, 0.6) is 0 Å². The van der Waals surface area contributed by atoms with Gasteiger partial charge in [-0.15, -0.1) is 0 Å². The van der Waals surface area contributed by atoms with Crippen LogP contribution in [-0.4, -0.2) is 22.9 Å². The number of aromatic nitrogens is 1. The molecule has 0 aliphatic carbocycles. The Bertz CT molecular complexity index is 955. The lowest BCUT2D eigenvalue weighted by molar-refractivity contribution is 0.0989. The van der Waals surface area contributed by atoms with Crippen molar-refractivity contribution >= 4 is 29.3 Å². The predicted molar refractivity (Wildman–Crippen MR) is 88.6 cm³/mol. The van der Waals surface area contributed by atoms with Crippen LogP contribution in [0.2, 0.25) is 0 Å². The Hall–Kier alpha value is -2.57. The van der Waals surface area contributed by atoms with Crippen LogP contribution >= 0.6 is 0 Å². The number of benzene rings is 2. The molecule has 0 radical (unpaired) electrons. The van der Waals surface area contributed by atoms with Gasteiger partial charge in [0.2, 0.25) is 0 Å². The Morgan fingerprint density at radius 1 is 1.29 bits per heavy atom. The van der Waals surface area contributed by atoms with Gasteiger partial charge in [0.1, 0.15) is 5.82 Å². The summed E-state index contributed by atoms with van der Waals surface area (Å²) in [5.74, 6) is -0.930. The molecule has 0 amide bonds. The first-order valence-corrected chi connectivity index (χ1v) is 7.61. The number of fused-ring (bicyclic) bond motifs is 2. The number of hydrogen-bond donors (Lipinski definition) is 1. The molecule has 0 bridgehead atoms. The molecule has 1 aliphatic rings. The highest BCUT2D eigenvalue weighted by atomic mass is 19.1. The largest absolute Gasteiger partial charge is 0.491 e. The van der Waals surface area contributed by atoms with Crippen LogP contribution < -0.4 is 5.46 Å². The van der Waals surface area contributed by atoms with Crippen LogP contribution in [0.3, 0.4) is 0 Å². The first-order chi connectivity index (χ1) is 11.6. The maximum Gasteiger partial charge on any atom is 0.491 e. The molecule has 118 valence electrons. The van der Waals surface area contributed by atoms with Crippen molar-refractivity contribution in [3.63, 3.8) is 0 Å². The van der Waals surface area contributed by atoms with E-state index in [1.165, 1.54) is 12.1 Å². The number of carbonyl (C=O) groups excluding carboxylic acids is 1. The van der Waals surface area contributed by atoms with Crippen molar-refractivity contribution in [3.05, 3.63) is 71.2 Å². The lowest BCUT2D eigenvalue weighted by Crippen LogP contribution is -2.29. The highest BCUT2D eigenvalue weighted by Crippen LogP contribution is 2.21. The quantitative estimate of drug-likeness (QED) is 0.592. The van der Waals surface area contributed by atoms with Crippen molar-refractivity contribution in [2.75, 3.05) is 0 Å². The van der Waals surface area contributed by atoms with Gasteiger partial charge < -0.3 is 9.68 Å². The third-order valence-corrected chi connectivity index (χ3v) is 4.28. The molecule has 0 unspecified atom stereocenters. The van der Waals surface area contributed by atoms with Crippen molar-refractivity contribution in [2.45, 2.75) is 13.0 Å². The fourth-order valence-corrected chi connectivity index (χ4v) is 3.05. The lowest BCUT2D eigenvalue weighted by atomic mass is 9.78. The third kappa shape index (κ3) is 2.50. The number of rotatable bonds is 3. The van der Waals surface area contributed by atoms with Gasteiger partial charge in [-0.1, -0.05) is 18.2 Å². The maximum absolute atomic E-state index is 14.3. The Morgan fingerprint density at radius 3 is 3.04 bits per heavy atom. The van der Waals surface area contributed by atoms with E-state index in [2.05, 4.69) is 4.98 Å². The van der Waals surface area contributed by atoms with Gasteiger partial charge in [-0.25, -0.2) is 4.39 Å². The van der Waals surface area contributed by atoms with E-state index in [0.29, 0.717) is 11.0 Å². The van der Waals surface area contributed by atoms with E-state index < -0.39 is 12.9 Å². The minimum absolute atomic E-state index is 0.0285. The van der Waals surface area contributed by atoms with Crippen LogP contribution in [0.25, 0.3) is 10.9 Å². The number of ketones is 1. The molecule has 6 heteroatoms. The summed E-state index contributed by atoms with van der Waals surface area (Å²) in [5.41, 5.74) is 2.59. The first-order valence-electron chi connectivity index (χ1n) is 7.61. The molecule has 0 saturated carbocycles. The molecule has 0 atom stereocenters. The van der Waals surface area contributed by atoms with Crippen molar-refractivity contribution in [1.82, 2.24) is 4.98 Å². The third-order valence-electron chi connectivity index (χ3n) is 4.28. The molecule has 1 N–H and O–H groups in total. The second kappa shape index (κ2) is 5.81. The van der Waals surface area contributed by atoms with E-state index in [-0.39, 0.29) is 24.4 Å². The fourth-order valence-electron chi connectivity index (χ4n) is 3.05. The summed E-state index contributed by atoms with van der Waals surface area (Å²) < 4.78 is 19.3. The van der Waals surface area contributed by atoms with Crippen LogP contribution in [0.15, 0.2) is 48.7 Å². The Labute approximate surface area is 138 Å². The molecular formula is C18H13BFNO3. The summed E-state index contributed by atoms with van der Waals surface area (Å²) in [6, 6.07) is 11.9. The number of pyridine rings is 1. The van der Waals surface area contributed by atoms with Crippen LogP contribution in [-0.2, 0) is 17.7 Å². The summed E-state index contributed by atoms with van der Waals surface area (Å²) in [6.07, 6.45) is 1.76.